The molecule has 0 spiro atoms. The van der Waals surface area contributed by atoms with Gasteiger partial charge in [-0.05, 0) is 51.1 Å². The van der Waals surface area contributed by atoms with Crippen molar-refractivity contribution in [3.8, 4) is 5.75 Å². The number of likely N-dealkylation sites (tertiary alicyclic amines) is 1. The molecular weight excluding hydrogens is 318 g/mol. The molecule has 7 nitrogen and oxygen atoms in total. The van der Waals surface area contributed by atoms with Crippen LogP contribution in [0.25, 0.3) is 0 Å². The van der Waals surface area contributed by atoms with Crippen LogP contribution in [0.5, 0.6) is 5.75 Å². The highest BCUT2D eigenvalue weighted by atomic mass is 32.2. The van der Waals surface area contributed by atoms with Gasteiger partial charge in [0.25, 0.3) is 5.91 Å². The zero-order valence-corrected chi connectivity index (χ0v) is 14.4. The van der Waals surface area contributed by atoms with Crippen LogP contribution in [0, 0.1) is 5.92 Å². The molecule has 1 aliphatic heterocycles. The summed E-state index contributed by atoms with van der Waals surface area (Å²) in [5.41, 5.74) is 6.02. The number of ether oxygens (including phenoxy) is 1. The zero-order valence-electron chi connectivity index (χ0n) is 13.6. The number of hydrogen-bond acceptors (Lipinski definition) is 5. The summed E-state index contributed by atoms with van der Waals surface area (Å²) in [6.07, 6.45) is 0.861. The minimum absolute atomic E-state index is 0.0458. The molecule has 1 heterocycles. The lowest BCUT2D eigenvalue weighted by Gasteiger charge is -2.22. The normalized spacial score (nSPS) is 21.5. The summed E-state index contributed by atoms with van der Waals surface area (Å²) >= 11 is 0. The van der Waals surface area contributed by atoms with E-state index in [1.54, 1.807) is 11.0 Å². The fourth-order valence-corrected chi connectivity index (χ4v) is 3.81. The summed E-state index contributed by atoms with van der Waals surface area (Å²) < 4.78 is 31.5. The first-order valence-electron chi connectivity index (χ1n) is 7.46. The van der Waals surface area contributed by atoms with Gasteiger partial charge in [0.1, 0.15) is 10.6 Å². The Morgan fingerprint density at radius 3 is 2.70 bits per heavy atom. The topological polar surface area (TPSA) is 102 Å². The van der Waals surface area contributed by atoms with Crippen LogP contribution in [-0.4, -0.2) is 52.5 Å². The van der Waals surface area contributed by atoms with Crippen LogP contribution in [0.3, 0.4) is 0 Å². The number of carbonyl (C=O) groups is 1. The van der Waals surface area contributed by atoms with Crippen LogP contribution in [0.4, 0.5) is 0 Å². The highest BCUT2D eigenvalue weighted by Crippen LogP contribution is 2.28. The van der Waals surface area contributed by atoms with Crippen molar-refractivity contribution in [3.63, 3.8) is 0 Å². The van der Waals surface area contributed by atoms with Gasteiger partial charge in [-0.25, -0.2) is 13.1 Å². The third kappa shape index (κ3) is 3.49. The van der Waals surface area contributed by atoms with Crippen molar-refractivity contribution in [3.05, 3.63) is 23.8 Å². The van der Waals surface area contributed by atoms with Crippen molar-refractivity contribution < 1.29 is 17.9 Å². The molecule has 8 heteroatoms. The van der Waals surface area contributed by atoms with Crippen LogP contribution in [0.15, 0.2) is 23.1 Å². The molecule has 1 aromatic carbocycles. The number of amides is 1. The summed E-state index contributed by atoms with van der Waals surface area (Å²) in [5.74, 6) is 0.293. The SMILES string of the molecule is CNS(=O)(=O)c1cc(C(=O)N2CC(CN)CC2C)ccc1OC. The molecule has 0 saturated carbocycles. The van der Waals surface area contributed by atoms with E-state index in [-0.39, 0.29) is 28.5 Å². The van der Waals surface area contributed by atoms with Crippen molar-refractivity contribution in [2.45, 2.75) is 24.3 Å². The average molecular weight is 341 g/mol. The lowest BCUT2D eigenvalue weighted by atomic mass is 10.1. The molecule has 0 radical (unpaired) electrons. The standard InChI is InChI=1S/C15H23N3O4S/c1-10-6-11(8-16)9-18(10)15(19)12-4-5-13(22-3)14(7-12)23(20,21)17-2/h4-5,7,10-11,17H,6,8-9,16H2,1-3H3. The van der Waals surface area contributed by atoms with Crippen molar-refractivity contribution in [2.75, 3.05) is 27.2 Å². The van der Waals surface area contributed by atoms with Crippen LogP contribution in [0.2, 0.25) is 0 Å². The Hall–Kier alpha value is -1.64. The number of rotatable bonds is 5. The highest BCUT2D eigenvalue weighted by Gasteiger charge is 2.32. The van der Waals surface area contributed by atoms with Gasteiger partial charge in [0.2, 0.25) is 10.0 Å². The van der Waals surface area contributed by atoms with Crippen LogP contribution in [-0.2, 0) is 10.0 Å². The van der Waals surface area contributed by atoms with Crippen molar-refractivity contribution in [1.82, 2.24) is 9.62 Å². The van der Waals surface area contributed by atoms with Crippen LogP contribution >= 0.6 is 0 Å². The summed E-state index contributed by atoms with van der Waals surface area (Å²) in [4.78, 5) is 14.4. The van der Waals surface area contributed by atoms with Gasteiger partial charge in [-0.3, -0.25) is 4.79 Å². The number of nitrogens with one attached hydrogen (secondary N) is 1. The summed E-state index contributed by atoms with van der Waals surface area (Å²) in [7, 11) is -1.01. The highest BCUT2D eigenvalue weighted by molar-refractivity contribution is 7.89. The van der Waals surface area contributed by atoms with E-state index in [4.69, 9.17) is 10.5 Å². The minimum Gasteiger partial charge on any atom is -0.495 e. The van der Waals surface area contributed by atoms with E-state index in [0.29, 0.717) is 18.7 Å². The molecule has 0 aliphatic carbocycles. The maximum atomic E-state index is 12.7. The van der Waals surface area contributed by atoms with Gasteiger partial charge in [0.15, 0.2) is 0 Å². The summed E-state index contributed by atoms with van der Waals surface area (Å²) in [6, 6.07) is 4.52. The Balaban J connectivity index is 2.37. The number of nitrogens with two attached hydrogens (primary N) is 1. The lowest BCUT2D eigenvalue weighted by molar-refractivity contribution is 0.0743. The number of methoxy groups -OCH3 is 1. The quantitative estimate of drug-likeness (QED) is 0.808. The molecule has 2 unspecified atom stereocenters. The molecule has 128 valence electrons. The first-order chi connectivity index (χ1) is 10.8. The molecule has 1 amide bonds. The van der Waals surface area contributed by atoms with E-state index in [9.17, 15) is 13.2 Å². The largest absolute Gasteiger partial charge is 0.495 e. The van der Waals surface area contributed by atoms with Crippen molar-refractivity contribution in [2.24, 2.45) is 11.7 Å². The average Bonchev–Trinajstić information content (AvgIpc) is 2.94. The molecule has 3 N–H and O–H groups in total. The first kappa shape index (κ1) is 17.7. The molecule has 0 aromatic heterocycles. The third-order valence-corrected chi connectivity index (χ3v) is 5.66. The molecule has 23 heavy (non-hydrogen) atoms. The predicted molar refractivity (Wildman–Crippen MR) is 86.9 cm³/mol. The fraction of sp³-hybridized carbons (Fsp3) is 0.533. The Morgan fingerprint density at radius 1 is 1.48 bits per heavy atom. The zero-order chi connectivity index (χ0) is 17.2. The Bertz CT molecular complexity index is 690. The maximum absolute atomic E-state index is 12.7. The number of benzene rings is 1. The van der Waals surface area contributed by atoms with E-state index in [1.165, 1.54) is 26.3 Å². The van der Waals surface area contributed by atoms with Crippen molar-refractivity contribution in [1.29, 1.82) is 0 Å². The smallest absolute Gasteiger partial charge is 0.254 e. The second-order valence-electron chi connectivity index (χ2n) is 5.72. The third-order valence-electron chi connectivity index (χ3n) is 4.22. The van der Waals surface area contributed by atoms with Gasteiger partial charge in [0.05, 0.1) is 7.11 Å². The molecule has 1 fully saturated rings. The fourth-order valence-electron chi connectivity index (χ4n) is 2.89. The second-order valence-corrected chi connectivity index (χ2v) is 7.57. The molecule has 2 atom stereocenters. The van der Waals surface area contributed by atoms with Crippen LogP contribution in [0.1, 0.15) is 23.7 Å². The molecule has 1 aliphatic rings. The van der Waals surface area contributed by atoms with Gasteiger partial charge < -0.3 is 15.4 Å². The number of hydrogen-bond donors (Lipinski definition) is 2. The first-order valence-corrected chi connectivity index (χ1v) is 8.95. The Kier molecular flexibility index (Phi) is 5.28. The summed E-state index contributed by atoms with van der Waals surface area (Å²) in [6.45, 7) is 3.11. The van der Waals surface area contributed by atoms with Gasteiger partial charge in [-0.2, -0.15) is 0 Å². The van der Waals surface area contributed by atoms with Crippen molar-refractivity contribution >= 4 is 15.9 Å². The molecule has 1 saturated heterocycles. The number of nitrogens with zero attached hydrogens (tertiary/aromatic N) is 1. The number of carbonyl (C=O) groups excluding carboxylic acids is 1. The summed E-state index contributed by atoms with van der Waals surface area (Å²) in [5, 5.41) is 0. The molecular formula is C15H23N3O4S. The van der Waals surface area contributed by atoms with E-state index >= 15 is 0 Å². The van der Waals surface area contributed by atoms with E-state index < -0.39 is 10.0 Å². The predicted octanol–water partition coefficient (Wildman–Crippen LogP) is 0.413. The van der Waals surface area contributed by atoms with Crippen LogP contribution < -0.4 is 15.2 Å². The van der Waals surface area contributed by atoms with E-state index in [1.807, 2.05) is 6.92 Å². The van der Waals surface area contributed by atoms with E-state index in [0.717, 1.165) is 6.42 Å². The molecule has 2 rings (SSSR count). The van der Waals surface area contributed by atoms with Gasteiger partial charge in [-0.1, -0.05) is 0 Å². The number of sulfonamides is 1. The molecule has 1 aromatic rings. The monoisotopic (exact) mass is 341 g/mol. The maximum Gasteiger partial charge on any atom is 0.254 e. The van der Waals surface area contributed by atoms with Gasteiger partial charge in [0, 0.05) is 18.2 Å². The van der Waals surface area contributed by atoms with E-state index in [2.05, 4.69) is 4.72 Å². The van der Waals surface area contributed by atoms with Gasteiger partial charge >= 0.3 is 0 Å². The second kappa shape index (κ2) is 6.86. The lowest BCUT2D eigenvalue weighted by Crippen LogP contribution is -2.34. The van der Waals surface area contributed by atoms with Gasteiger partial charge in [-0.15, -0.1) is 0 Å². The minimum atomic E-state index is -3.72. The Morgan fingerprint density at radius 2 is 2.17 bits per heavy atom. The Labute approximate surface area is 136 Å². The molecule has 0 bridgehead atoms.